The third-order valence-electron chi connectivity index (χ3n) is 10.2. The first-order valence-electron chi connectivity index (χ1n) is 19.7. The summed E-state index contributed by atoms with van der Waals surface area (Å²) in [5.74, 6) is -0.997. The number of hydrogen-bond acceptors (Lipinski definition) is 15. The van der Waals surface area contributed by atoms with Crippen LogP contribution in [0.15, 0.2) is 46.5 Å². The number of aliphatic hydroxyl groups is 2. The lowest BCUT2D eigenvalue weighted by Gasteiger charge is -2.23. The predicted molar refractivity (Wildman–Crippen MR) is 221 cm³/mol. The Labute approximate surface area is 346 Å². The molecule has 1 aliphatic rings. The van der Waals surface area contributed by atoms with Crippen LogP contribution >= 0.6 is 0 Å². The van der Waals surface area contributed by atoms with Gasteiger partial charge in [0.25, 0.3) is 5.56 Å². The summed E-state index contributed by atoms with van der Waals surface area (Å²) in [6.45, 7) is 7.44. The quantitative estimate of drug-likeness (QED) is 0.0568. The first-order chi connectivity index (χ1) is 28.5. The number of aromatic nitrogens is 4. The Hall–Kier alpha value is -5.61. The highest BCUT2D eigenvalue weighted by atomic mass is 16.6. The number of hydrogen-bond donors (Lipinski definition) is 7. The summed E-state index contributed by atoms with van der Waals surface area (Å²) >= 11 is 0. The molecule has 1 saturated heterocycles. The largest absolute Gasteiger partial charge is 0.447 e. The number of H-pyrrole nitrogens is 1. The molecule has 0 spiro atoms. The number of ether oxygens (including phenoxy) is 3. The number of rotatable bonds is 21. The minimum Gasteiger partial charge on any atom is -0.447 e. The molecular formula is C39H58N10O11. The molecule has 3 heterocycles. The van der Waals surface area contributed by atoms with Gasteiger partial charge in [0, 0.05) is 51.8 Å². The minimum absolute atomic E-state index is 0.0197. The highest BCUT2D eigenvalue weighted by Gasteiger charge is 2.46. The van der Waals surface area contributed by atoms with Gasteiger partial charge in [-0.25, -0.2) is 19.0 Å². The number of fused-ring (bicyclic) bond motifs is 1. The van der Waals surface area contributed by atoms with Crippen LogP contribution in [0, 0.1) is 11.8 Å². The number of imidazole rings is 1. The SMILES string of the molecule is C=CCn1c(=O)n([C@@H]2O[C@H](COC(=O)N(C)CCN(C)C(=O)OCc3ccc(NC(=O)[C@H](CCCCN)CC(=O)[C@@H](NC)C(C)C)cc3)[C@@H](O)[C@H]2O)c2nc(N)[nH]c(=O)c21. The van der Waals surface area contributed by atoms with Crippen LogP contribution < -0.4 is 33.3 Å². The number of allylic oxidation sites excluding steroid dienone is 1. The van der Waals surface area contributed by atoms with Crippen LogP contribution in [0.5, 0.6) is 0 Å². The summed E-state index contributed by atoms with van der Waals surface area (Å²) in [5.41, 5.74) is 10.7. The van der Waals surface area contributed by atoms with E-state index in [-0.39, 0.29) is 73.4 Å². The van der Waals surface area contributed by atoms with Gasteiger partial charge in [-0.1, -0.05) is 38.5 Å². The number of nitrogens with two attached hydrogens (primary N) is 2. The molecule has 1 aliphatic heterocycles. The number of nitrogens with zero attached hydrogens (tertiary/aromatic N) is 5. The average Bonchev–Trinajstić information content (AvgIpc) is 3.64. The molecule has 1 fully saturated rings. The predicted octanol–water partition coefficient (Wildman–Crippen LogP) is 0.498. The second-order valence-electron chi connectivity index (χ2n) is 15.0. The number of likely N-dealkylation sites (N-methyl/N-ethyl adjacent to an activating group) is 3. The fraction of sp³-hybridized carbons (Fsp3) is 0.564. The molecule has 9 N–H and O–H groups in total. The maximum atomic E-state index is 13.3. The highest BCUT2D eigenvalue weighted by Crippen LogP contribution is 2.31. The van der Waals surface area contributed by atoms with Gasteiger partial charge in [0.15, 0.2) is 23.2 Å². The number of anilines is 2. The zero-order chi connectivity index (χ0) is 44.3. The van der Waals surface area contributed by atoms with Crippen LogP contribution in [0.3, 0.4) is 0 Å². The van der Waals surface area contributed by atoms with E-state index in [9.17, 15) is 39.0 Å². The number of benzene rings is 1. The summed E-state index contributed by atoms with van der Waals surface area (Å²) < 4.78 is 18.5. The Morgan fingerprint density at radius 3 is 2.30 bits per heavy atom. The number of Topliss-reactive ketones (excluding diaryl/α,β-unsaturated/α-hetero) is 1. The van der Waals surface area contributed by atoms with Crippen molar-refractivity contribution in [2.45, 2.75) is 83.3 Å². The summed E-state index contributed by atoms with van der Waals surface area (Å²) in [6, 6.07) is 6.43. The number of unbranched alkanes of at least 4 members (excludes halogenated alkanes) is 1. The Bertz CT molecular complexity index is 2080. The lowest BCUT2D eigenvalue weighted by Crippen LogP contribution is -2.40. The number of nitrogens with one attached hydrogen (secondary N) is 3. The first-order valence-corrected chi connectivity index (χ1v) is 19.7. The van der Waals surface area contributed by atoms with E-state index in [1.54, 1.807) is 31.3 Å². The fourth-order valence-corrected chi connectivity index (χ4v) is 6.83. The van der Waals surface area contributed by atoms with Gasteiger partial charge in [-0.15, -0.1) is 6.58 Å². The molecule has 0 unspecified atom stereocenters. The van der Waals surface area contributed by atoms with E-state index >= 15 is 0 Å². The van der Waals surface area contributed by atoms with E-state index in [4.69, 9.17) is 25.7 Å². The molecule has 4 rings (SSSR count). The number of amides is 3. The fourth-order valence-electron chi connectivity index (χ4n) is 6.83. The monoisotopic (exact) mass is 842 g/mol. The van der Waals surface area contributed by atoms with Gasteiger partial charge in [0.1, 0.15) is 31.5 Å². The number of carbonyl (C=O) groups is 4. The Morgan fingerprint density at radius 2 is 1.70 bits per heavy atom. The third kappa shape index (κ3) is 11.6. The van der Waals surface area contributed by atoms with Gasteiger partial charge in [-0.3, -0.25) is 23.9 Å². The Balaban J connectivity index is 1.24. The molecule has 1 aromatic carbocycles. The zero-order valence-electron chi connectivity index (χ0n) is 34.7. The van der Waals surface area contributed by atoms with E-state index < -0.39 is 60.5 Å². The summed E-state index contributed by atoms with van der Waals surface area (Å²) in [7, 11) is 4.65. The van der Waals surface area contributed by atoms with E-state index in [0.29, 0.717) is 24.2 Å². The van der Waals surface area contributed by atoms with Crippen molar-refractivity contribution in [1.29, 1.82) is 0 Å². The smallest absolute Gasteiger partial charge is 0.409 e. The number of aromatic amines is 1. The molecular weight excluding hydrogens is 784 g/mol. The van der Waals surface area contributed by atoms with E-state index in [1.165, 1.54) is 30.0 Å². The summed E-state index contributed by atoms with van der Waals surface area (Å²) in [5, 5.41) is 27.5. The van der Waals surface area contributed by atoms with Crippen LogP contribution in [-0.2, 0) is 37.0 Å². The lowest BCUT2D eigenvalue weighted by molar-refractivity contribution is -0.128. The van der Waals surface area contributed by atoms with E-state index in [0.717, 1.165) is 22.0 Å². The Kier molecular flexibility index (Phi) is 16.9. The second kappa shape index (κ2) is 21.6. The van der Waals surface area contributed by atoms with Crippen molar-refractivity contribution in [2.24, 2.45) is 17.6 Å². The molecule has 2 aromatic heterocycles. The molecule has 0 bridgehead atoms. The third-order valence-corrected chi connectivity index (χ3v) is 10.2. The maximum Gasteiger partial charge on any atom is 0.409 e. The van der Waals surface area contributed by atoms with Crippen LogP contribution in [0.4, 0.5) is 21.2 Å². The van der Waals surface area contributed by atoms with Gasteiger partial charge in [-0.05, 0) is 50.0 Å². The molecule has 6 atom stereocenters. The minimum atomic E-state index is -1.67. The van der Waals surface area contributed by atoms with Crippen molar-refractivity contribution in [3.05, 3.63) is 63.3 Å². The number of nitrogen functional groups attached to an aromatic ring is 1. The van der Waals surface area contributed by atoms with Crippen molar-refractivity contribution in [3.8, 4) is 0 Å². The Morgan fingerprint density at radius 1 is 1.05 bits per heavy atom. The zero-order valence-corrected chi connectivity index (χ0v) is 34.7. The van der Waals surface area contributed by atoms with Gasteiger partial charge in [-0.2, -0.15) is 4.98 Å². The molecule has 21 nitrogen and oxygen atoms in total. The molecule has 3 amide bonds. The van der Waals surface area contributed by atoms with Crippen molar-refractivity contribution < 1.29 is 43.6 Å². The van der Waals surface area contributed by atoms with Crippen molar-refractivity contribution in [3.63, 3.8) is 0 Å². The lowest BCUT2D eigenvalue weighted by atomic mass is 9.89. The topological polar surface area (TPSA) is 292 Å². The number of carbonyl (C=O) groups excluding carboxylic acids is 4. The standard InChI is InChI=1S/C39H58N10O11/c1-7-16-48-29-32(44-36(41)45-34(29)54)49(37(48)55)35-31(52)30(51)27(60-35)21-59-39(57)47(6)18-17-46(5)38(56)58-20-23-11-13-25(14-12-23)43-33(53)24(10-8-9-15-40)19-26(50)28(42-4)22(2)3/h7,11-14,22,24,27-28,30-31,35,42,51-52H,1,8-10,15-21,40H2,2-6H3,(H,43,53)(H3,41,44,45,54)/t24-,27-,28+,30-,31-,35-/m1/s1. The van der Waals surface area contributed by atoms with E-state index in [1.807, 2.05) is 13.8 Å². The molecule has 330 valence electrons. The van der Waals surface area contributed by atoms with Gasteiger partial charge < -0.3 is 56.3 Å². The summed E-state index contributed by atoms with van der Waals surface area (Å²) in [6.07, 6.45) is -4.04. The van der Waals surface area contributed by atoms with Crippen LogP contribution in [0.1, 0.15) is 51.3 Å². The van der Waals surface area contributed by atoms with Crippen LogP contribution in [-0.4, -0.2) is 135 Å². The molecule has 0 saturated carbocycles. The van der Waals surface area contributed by atoms with Gasteiger partial charge in [0.05, 0.1) is 6.04 Å². The normalized spacial score (nSPS) is 18.6. The number of aliphatic hydroxyl groups excluding tert-OH is 2. The molecule has 21 heteroatoms. The maximum absolute atomic E-state index is 13.3. The molecule has 3 aromatic rings. The van der Waals surface area contributed by atoms with Gasteiger partial charge in [0.2, 0.25) is 11.9 Å². The average molecular weight is 843 g/mol. The summed E-state index contributed by atoms with van der Waals surface area (Å²) in [4.78, 5) is 86.5. The van der Waals surface area contributed by atoms with Crippen molar-refractivity contribution in [1.82, 2.24) is 34.2 Å². The van der Waals surface area contributed by atoms with E-state index in [2.05, 4.69) is 27.2 Å². The first kappa shape index (κ1) is 47.1. The highest BCUT2D eigenvalue weighted by molar-refractivity contribution is 5.96. The second-order valence-corrected chi connectivity index (χ2v) is 15.0. The van der Waals surface area contributed by atoms with Gasteiger partial charge >= 0.3 is 17.9 Å². The van der Waals surface area contributed by atoms with Crippen LogP contribution in [0.25, 0.3) is 11.2 Å². The van der Waals surface area contributed by atoms with Crippen molar-refractivity contribution >= 4 is 46.7 Å². The molecule has 60 heavy (non-hydrogen) atoms. The van der Waals surface area contributed by atoms with Crippen molar-refractivity contribution in [2.75, 3.05) is 58.4 Å². The number of ketones is 1. The van der Waals surface area contributed by atoms with Crippen LogP contribution in [0.2, 0.25) is 0 Å². The molecule has 0 radical (unpaired) electrons. The molecule has 0 aliphatic carbocycles.